The number of aliphatic hydroxyl groups excluding tert-OH is 1. The maximum Gasteiger partial charge on any atom is 0.0908 e. The van der Waals surface area contributed by atoms with Gasteiger partial charge in [-0.1, -0.05) is 37.0 Å². The van der Waals surface area contributed by atoms with Crippen molar-refractivity contribution in [3.8, 4) is 0 Å². The first-order valence-electron chi connectivity index (χ1n) is 7.39. The van der Waals surface area contributed by atoms with Gasteiger partial charge >= 0.3 is 0 Å². The highest BCUT2D eigenvalue weighted by atomic mass is 16.3. The molecule has 106 valence electrons. The van der Waals surface area contributed by atoms with E-state index in [1.165, 1.54) is 28.7 Å². The zero-order chi connectivity index (χ0) is 14.0. The summed E-state index contributed by atoms with van der Waals surface area (Å²) in [6, 6.07) is 4.31. The Kier molecular flexibility index (Phi) is 4.32. The fourth-order valence-electron chi connectivity index (χ4n) is 3.41. The molecular formula is C17H26O2. The van der Waals surface area contributed by atoms with E-state index in [0.717, 1.165) is 25.7 Å². The molecule has 0 aromatic heterocycles. The van der Waals surface area contributed by atoms with E-state index in [1.54, 1.807) is 0 Å². The van der Waals surface area contributed by atoms with Crippen LogP contribution in [0.2, 0.25) is 0 Å². The summed E-state index contributed by atoms with van der Waals surface area (Å²) < 4.78 is 0. The van der Waals surface area contributed by atoms with Crippen LogP contribution in [0.1, 0.15) is 54.4 Å². The number of hydrogen-bond acceptors (Lipinski definition) is 2. The fraction of sp³-hybridized carbons (Fsp3) is 0.647. The molecular weight excluding hydrogens is 236 g/mol. The molecule has 0 saturated heterocycles. The van der Waals surface area contributed by atoms with Crippen molar-refractivity contribution in [2.75, 3.05) is 0 Å². The van der Waals surface area contributed by atoms with Gasteiger partial charge in [-0.05, 0) is 50.3 Å². The molecule has 0 amide bonds. The normalized spacial score (nSPS) is 20.3. The third kappa shape index (κ3) is 3.18. The highest BCUT2D eigenvalue weighted by Crippen LogP contribution is 2.33. The monoisotopic (exact) mass is 262 g/mol. The second kappa shape index (κ2) is 5.64. The Hall–Kier alpha value is -0.860. The predicted molar refractivity (Wildman–Crippen MR) is 78.4 cm³/mol. The first kappa shape index (κ1) is 14.5. The van der Waals surface area contributed by atoms with Crippen LogP contribution in [0, 0.1) is 20.8 Å². The van der Waals surface area contributed by atoms with Crippen LogP contribution >= 0.6 is 0 Å². The van der Waals surface area contributed by atoms with Crippen molar-refractivity contribution in [3.63, 3.8) is 0 Å². The number of aryl methyl sites for hydroxylation is 3. The second-order valence-electron chi connectivity index (χ2n) is 6.26. The molecule has 1 aromatic carbocycles. The molecule has 1 fully saturated rings. The summed E-state index contributed by atoms with van der Waals surface area (Å²) in [7, 11) is 0. The molecule has 2 N–H and O–H groups in total. The SMILES string of the molecule is Cc1cc(C)c(CC(O)C2(O)CCCCC2)c(C)c1. The molecule has 0 heterocycles. The maximum absolute atomic E-state index is 10.6. The lowest BCUT2D eigenvalue weighted by atomic mass is 9.78. The summed E-state index contributed by atoms with van der Waals surface area (Å²) in [6.07, 6.45) is 4.62. The molecule has 2 heteroatoms. The Bertz CT molecular complexity index is 422. The lowest BCUT2D eigenvalue weighted by molar-refractivity contribution is -0.0961. The molecule has 1 aliphatic carbocycles. The fourth-order valence-corrected chi connectivity index (χ4v) is 3.41. The number of aliphatic hydroxyl groups is 2. The van der Waals surface area contributed by atoms with Gasteiger partial charge in [-0.2, -0.15) is 0 Å². The van der Waals surface area contributed by atoms with Crippen LogP contribution < -0.4 is 0 Å². The Labute approximate surface area is 116 Å². The van der Waals surface area contributed by atoms with Gasteiger partial charge in [-0.25, -0.2) is 0 Å². The summed E-state index contributed by atoms with van der Waals surface area (Å²) in [4.78, 5) is 0. The standard InChI is InChI=1S/C17H26O2/c1-12-9-13(2)15(14(3)10-12)11-16(18)17(19)7-5-4-6-8-17/h9-10,16,18-19H,4-8,11H2,1-3H3. The Balaban J connectivity index is 2.16. The summed E-state index contributed by atoms with van der Waals surface area (Å²) >= 11 is 0. The molecule has 2 nitrogen and oxygen atoms in total. The maximum atomic E-state index is 10.6. The Morgan fingerprint density at radius 3 is 2.11 bits per heavy atom. The first-order valence-corrected chi connectivity index (χ1v) is 7.39. The summed E-state index contributed by atoms with van der Waals surface area (Å²) in [5.74, 6) is 0. The van der Waals surface area contributed by atoms with Crippen LogP contribution in [0.3, 0.4) is 0 Å². The van der Waals surface area contributed by atoms with Crippen LogP contribution in [0.25, 0.3) is 0 Å². The molecule has 0 spiro atoms. The molecule has 2 rings (SSSR count). The Morgan fingerprint density at radius 2 is 1.58 bits per heavy atom. The van der Waals surface area contributed by atoms with E-state index in [4.69, 9.17) is 0 Å². The second-order valence-corrected chi connectivity index (χ2v) is 6.26. The van der Waals surface area contributed by atoms with Crippen LogP contribution in [0.15, 0.2) is 12.1 Å². The smallest absolute Gasteiger partial charge is 0.0908 e. The first-order chi connectivity index (χ1) is 8.92. The molecule has 0 radical (unpaired) electrons. The molecule has 1 aliphatic rings. The van der Waals surface area contributed by atoms with Crippen molar-refractivity contribution in [2.24, 2.45) is 0 Å². The van der Waals surface area contributed by atoms with Crippen molar-refractivity contribution in [1.82, 2.24) is 0 Å². The third-order valence-electron chi connectivity index (χ3n) is 4.58. The van der Waals surface area contributed by atoms with Gasteiger partial charge in [0.2, 0.25) is 0 Å². The number of rotatable bonds is 3. The average Bonchev–Trinajstić information content (AvgIpc) is 2.34. The van der Waals surface area contributed by atoms with Crippen molar-refractivity contribution in [3.05, 3.63) is 34.4 Å². The molecule has 1 unspecified atom stereocenters. The summed E-state index contributed by atoms with van der Waals surface area (Å²) in [5.41, 5.74) is 4.01. The zero-order valence-electron chi connectivity index (χ0n) is 12.4. The lowest BCUT2D eigenvalue weighted by Gasteiger charge is -2.36. The van der Waals surface area contributed by atoms with Gasteiger partial charge in [-0.15, -0.1) is 0 Å². The number of benzene rings is 1. The van der Waals surface area contributed by atoms with Crippen molar-refractivity contribution in [2.45, 2.75) is 71.0 Å². The minimum absolute atomic E-state index is 0.564. The van der Waals surface area contributed by atoms with E-state index in [1.807, 2.05) is 0 Å². The van der Waals surface area contributed by atoms with Gasteiger partial charge in [0.1, 0.15) is 0 Å². The molecule has 1 saturated carbocycles. The van der Waals surface area contributed by atoms with Crippen LogP contribution in [-0.4, -0.2) is 21.9 Å². The van der Waals surface area contributed by atoms with Crippen LogP contribution in [0.4, 0.5) is 0 Å². The van der Waals surface area contributed by atoms with Crippen molar-refractivity contribution >= 4 is 0 Å². The molecule has 0 bridgehead atoms. The van der Waals surface area contributed by atoms with Gasteiger partial charge in [0, 0.05) is 6.42 Å². The topological polar surface area (TPSA) is 40.5 Å². The average molecular weight is 262 g/mol. The van der Waals surface area contributed by atoms with Gasteiger partial charge in [0.15, 0.2) is 0 Å². The molecule has 1 aromatic rings. The predicted octanol–water partition coefficient (Wildman–Crippen LogP) is 3.21. The van der Waals surface area contributed by atoms with Crippen molar-refractivity contribution < 1.29 is 10.2 Å². The summed E-state index contributed by atoms with van der Waals surface area (Å²) in [5, 5.41) is 21.0. The van der Waals surface area contributed by atoms with Gasteiger partial charge in [0.05, 0.1) is 11.7 Å². The minimum Gasteiger partial charge on any atom is -0.390 e. The molecule has 0 aliphatic heterocycles. The molecule has 1 atom stereocenters. The Morgan fingerprint density at radius 1 is 1.05 bits per heavy atom. The van der Waals surface area contributed by atoms with Gasteiger partial charge in [0.25, 0.3) is 0 Å². The van der Waals surface area contributed by atoms with Gasteiger partial charge in [-0.3, -0.25) is 0 Å². The van der Waals surface area contributed by atoms with E-state index >= 15 is 0 Å². The zero-order valence-corrected chi connectivity index (χ0v) is 12.4. The van der Waals surface area contributed by atoms with Gasteiger partial charge < -0.3 is 10.2 Å². The lowest BCUT2D eigenvalue weighted by Crippen LogP contribution is -2.45. The van der Waals surface area contributed by atoms with Crippen LogP contribution in [-0.2, 0) is 6.42 Å². The highest BCUT2D eigenvalue weighted by Gasteiger charge is 2.36. The van der Waals surface area contributed by atoms with E-state index in [9.17, 15) is 10.2 Å². The van der Waals surface area contributed by atoms with Crippen LogP contribution in [0.5, 0.6) is 0 Å². The largest absolute Gasteiger partial charge is 0.390 e. The van der Waals surface area contributed by atoms with E-state index in [2.05, 4.69) is 32.9 Å². The minimum atomic E-state index is -0.873. The number of hydrogen-bond donors (Lipinski definition) is 2. The van der Waals surface area contributed by atoms with Crippen molar-refractivity contribution in [1.29, 1.82) is 0 Å². The van der Waals surface area contributed by atoms with E-state index in [0.29, 0.717) is 6.42 Å². The molecule has 19 heavy (non-hydrogen) atoms. The summed E-state index contributed by atoms with van der Waals surface area (Å²) in [6.45, 7) is 6.27. The van der Waals surface area contributed by atoms with E-state index < -0.39 is 11.7 Å². The van der Waals surface area contributed by atoms with E-state index in [-0.39, 0.29) is 0 Å². The quantitative estimate of drug-likeness (QED) is 0.878. The highest BCUT2D eigenvalue weighted by molar-refractivity contribution is 5.38. The third-order valence-corrected chi connectivity index (χ3v) is 4.58.